The molecule has 1 atom stereocenters. The predicted octanol–water partition coefficient (Wildman–Crippen LogP) is 1.42. The fourth-order valence-electron chi connectivity index (χ4n) is 4.01. The molecule has 2 N–H and O–H groups in total. The lowest BCUT2D eigenvalue weighted by Crippen LogP contribution is -2.58. The number of benzene rings is 2. The topological polar surface area (TPSA) is 95.6 Å². The Morgan fingerprint density at radius 3 is 2.37 bits per heavy atom. The molecule has 2 aromatic carbocycles. The first kappa shape index (κ1) is 20.6. The van der Waals surface area contributed by atoms with Gasteiger partial charge < -0.3 is 5.32 Å². The summed E-state index contributed by atoms with van der Waals surface area (Å²) in [6.07, 6.45) is 1.16. The molecule has 0 saturated carbocycles. The molecule has 0 aliphatic carbocycles. The zero-order valence-corrected chi connectivity index (χ0v) is 17.0. The quantitative estimate of drug-likeness (QED) is 0.764. The van der Waals surface area contributed by atoms with Crippen LogP contribution in [0.5, 0.6) is 0 Å². The van der Waals surface area contributed by atoms with Gasteiger partial charge in [-0.1, -0.05) is 42.5 Å². The SMILES string of the molecule is O=C1NC2(CCN(S(=O)(=O)C(=O)c3ccccc3F)CC2)NC1Cc1ccccc1. The second kappa shape index (κ2) is 7.90. The Morgan fingerprint density at radius 2 is 1.70 bits per heavy atom. The summed E-state index contributed by atoms with van der Waals surface area (Å²) in [4.78, 5) is 24.9. The molecule has 2 aliphatic heterocycles. The van der Waals surface area contributed by atoms with Crippen molar-refractivity contribution in [2.75, 3.05) is 13.1 Å². The number of amides is 1. The van der Waals surface area contributed by atoms with Gasteiger partial charge in [0.05, 0.1) is 17.3 Å². The van der Waals surface area contributed by atoms with Crippen molar-refractivity contribution in [2.24, 2.45) is 0 Å². The average molecular weight is 431 g/mol. The molecule has 4 rings (SSSR count). The van der Waals surface area contributed by atoms with E-state index in [1.54, 1.807) is 0 Å². The first-order valence-corrected chi connectivity index (χ1v) is 11.2. The van der Waals surface area contributed by atoms with Crippen molar-refractivity contribution in [1.29, 1.82) is 0 Å². The van der Waals surface area contributed by atoms with Crippen molar-refractivity contribution >= 4 is 21.0 Å². The molecule has 2 aromatic rings. The number of rotatable bonds is 4. The van der Waals surface area contributed by atoms with E-state index in [0.717, 1.165) is 22.0 Å². The molecule has 1 spiro atoms. The summed E-state index contributed by atoms with van der Waals surface area (Å²) >= 11 is 0. The number of nitrogens with one attached hydrogen (secondary N) is 2. The van der Waals surface area contributed by atoms with E-state index < -0.39 is 38.2 Å². The molecule has 9 heteroatoms. The van der Waals surface area contributed by atoms with Gasteiger partial charge in [0, 0.05) is 13.1 Å². The molecule has 1 unspecified atom stereocenters. The molecule has 2 heterocycles. The van der Waals surface area contributed by atoms with Crippen molar-refractivity contribution in [3.63, 3.8) is 0 Å². The number of piperidine rings is 1. The number of sulfonamides is 1. The van der Waals surface area contributed by atoms with E-state index in [9.17, 15) is 22.4 Å². The zero-order chi connectivity index (χ0) is 21.4. The Morgan fingerprint density at radius 1 is 1.07 bits per heavy atom. The van der Waals surface area contributed by atoms with E-state index >= 15 is 0 Å². The van der Waals surface area contributed by atoms with Crippen LogP contribution in [-0.2, 0) is 21.2 Å². The fourth-order valence-corrected chi connectivity index (χ4v) is 5.35. The Balaban J connectivity index is 1.43. The lowest BCUT2D eigenvalue weighted by molar-refractivity contribution is -0.121. The average Bonchev–Trinajstić information content (AvgIpc) is 3.03. The fraction of sp³-hybridized carbons (Fsp3) is 0.333. The molecule has 30 heavy (non-hydrogen) atoms. The summed E-state index contributed by atoms with van der Waals surface area (Å²) in [6, 6.07) is 14.2. The van der Waals surface area contributed by atoms with Crippen LogP contribution < -0.4 is 10.6 Å². The van der Waals surface area contributed by atoms with Gasteiger partial charge in [0.25, 0.3) is 15.1 Å². The number of carbonyl (C=O) groups is 2. The maximum atomic E-state index is 13.9. The van der Waals surface area contributed by atoms with E-state index in [-0.39, 0.29) is 19.0 Å². The van der Waals surface area contributed by atoms with Gasteiger partial charge in [-0.2, -0.15) is 4.31 Å². The van der Waals surface area contributed by atoms with Gasteiger partial charge in [0.2, 0.25) is 5.91 Å². The van der Waals surface area contributed by atoms with E-state index in [4.69, 9.17) is 0 Å². The van der Waals surface area contributed by atoms with Gasteiger partial charge in [0.15, 0.2) is 0 Å². The Kier molecular flexibility index (Phi) is 5.44. The number of hydrogen-bond acceptors (Lipinski definition) is 5. The Bertz CT molecular complexity index is 1070. The summed E-state index contributed by atoms with van der Waals surface area (Å²) in [5.41, 5.74) is -0.144. The van der Waals surface area contributed by atoms with Gasteiger partial charge in [-0.3, -0.25) is 14.9 Å². The number of nitrogens with zero attached hydrogens (tertiary/aromatic N) is 1. The summed E-state index contributed by atoms with van der Waals surface area (Å²) in [5, 5.41) is 5.04. The normalized spacial score (nSPS) is 21.5. The second-order valence-electron chi connectivity index (χ2n) is 7.63. The van der Waals surface area contributed by atoms with E-state index in [1.165, 1.54) is 12.1 Å². The molecule has 1 amide bonds. The highest BCUT2D eigenvalue weighted by Gasteiger charge is 2.47. The lowest BCUT2D eigenvalue weighted by Gasteiger charge is -2.38. The highest BCUT2D eigenvalue weighted by molar-refractivity contribution is 8.04. The third kappa shape index (κ3) is 3.88. The van der Waals surface area contributed by atoms with Crippen LogP contribution in [0, 0.1) is 5.82 Å². The third-order valence-corrected chi connectivity index (χ3v) is 7.39. The third-order valence-electron chi connectivity index (χ3n) is 5.66. The minimum Gasteiger partial charge on any atom is -0.337 e. The molecular weight excluding hydrogens is 409 g/mol. The summed E-state index contributed by atoms with van der Waals surface area (Å²) < 4.78 is 40.4. The molecule has 2 fully saturated rings. The van der Waals surface area contributed by atoms with Crippen LogP contribution in [0.15, 0.2) is 54.6 Å². The number of carbonyl (C=O) groups excluding carboxylic acids is 2. The standard InChI is InChI=1S/C21H22FN3O4S/c22-17-9-5-4-8-16(17)20(27)30(28,29)25-12-10-21(11-13-25)23-18(19(26)24-21)14-15-6-2-1-3-7-15/h1-9,18,23H,10-14H2,(H,24,26). The van der Waals surface area contributed by atoms with Crippen LogP contribution in [0.25, 0.3) is 0 Å². The summed E-state index contributed by atoms with van der Waals surface area (Å²) in [7, 11) is -4.35. The largest absolute Gasteiger partial charge is 0.337 e. The maximum Gasteiger partial charge on any atom is 0.294 e. The van der Waals surface area contributed by atoms with Crippen LogP contribution in [-0.4, -0.2) is 48.5 Å². The van der Waals surface area contributed by atoms with Crippen LogP contribution in [0.2, 0.25) is 0 Å². The molecule has 158 valence electrons. The van der Waals surface area contributed by atoms with Crippen molar-refractivity contribution in [3.8, 4) is 0 Å². The van der Waals surface area contributed by atoms with E-state index in [0.29, 0.717) is 19.3 Å². The van der Waals surface area contributed by atoms with E-state index in [2.05, 4.69) is 10.6 Å². The molecule has 2 aliphatic rings. The maximum absolute atomic E-state index is 13.9. The minimum absolute atomic E-state index is 0.0495. The highest BCUT2D eigenvalue weighted by atomic mass is 32.2. The number of hydrogen-bond donors (Lipinski definition) is 2. The Labute approximate surface area is 174 Å². The highest BCUT2D eigenvalue weighted by Crippen LogP contribution is 2.28. The molecule has 7 nitrogen and oxygen atoms in total. The van der Waals surface area contributed by atoms with Crippen molar-refractivity contribution < 1.29 is 22.4 Å². The summed E-state index contributed by atoms with van der Waals surface area (Å²) in [6.45, 7) is 0.0989. The van der Waals surface area contributed by atoms with Crippen molar-refractivity contribution in [1.82, 2.24) is 14.9 Å². The lowest BCUT2D eigenvalue weighted by atomic mass is 9.99. The molecule has 0 radical (unpaired) electrons. The van der Waals surface area contributed by atoms with Gasteiger partial charge >= 0.3 is 0 Å². The van der Waals surface area contributed by atoms with Crippen LogP contribution in [0.3, 0.4) is 0 Å². The summed E-state index contributed by atoms with van der Waals surface area (Å²) in [5.74, 6) is -0.995. The zero-order valence-electron chi connectivity index (χ0n) is 16.2. The van der Waals surface area contributed by atoms with Crippen LogP contribution in [0.1, 0.15) is 28.8 Å². The van der Waals surface area contributed by atoms with Gasteiger partial charge in [-0.05, 0) is 37.0 Å². The molecule has 0 bridgehead atoms. The van der Waals surface area contributed by atoms with E-state index in [1.807, 2.05) is 30.3 Å². The van der Waals surface area contributed by atoms with Gasteiger partial charge in [-0.15, -0.1) is 0 Å². The van der Waals surface area contributed by atoms with Crippen LogP contribution >= 0.6 is 0 Å². The minimum atomic E-state index is -4.35. The van der Waals surface area contributed by atoms with Crippen LogP contribution in [0.4, 0.5) is 4.39 Å². The first-order chi connectivity index (χ1) is 14.3. The van der Waals surface area contributed by atoms with Gasteiger partial charge in [-0.25, -0.2) is 12.8 Å². The Hall–Kier alpha value is -2.62. The van der Waals surface area contributed by atoms with Gasteiger partial charge in [0.1, 0.15) is 5.82 Å². The second-order valence-corrected chi connectivity index (χ2v) is 9.47. The predicted molar refractivity (Wildman–Crippen MR) is 108 cm³/mol. The molecular formula is C21H22FN3O4S. The molecule has 2 saturated heterocycles. The molecule has 0 aromatic heterocycles. The smallest absolute Gasteiger partial charge is 0.294 e. The van der Waals surface area contributed by atoms with Crippen molar-refractivity contribution in [2.45, 2.75) is 31.0 Å². The number of halogens is 1. The first-order valence-electron chi connectivity index (χ1n) is 9.73. The van der Waals surface area contributed by atoms with Crippen molar-refractivity contribution in [3.05, 3.63) is 71.5 Å². The monoisotopic (exact) mass is 431 g/mol.